The Balaban J connectivity index is 1.80. The first kappa shape index (κ1) is 34.0. The molecule has 0 unspecified atom stereocenters. The zero-order valence-electron chi connectivity index (χ0n) is 24.8. The van der Waals surface area contributed by atoms with E-state index in [2.05, 4.69) is 5.32 Å². The molecule has 0 heterocycles. The Morgan fingerprint density at radius 1 is 1.07 bits per heavy atom. The lowest BCUT2D eigenvalue weighted by Crippen LogP contribution is -2.54. The zero-order chi connectivity index (χ0) is 32.7. The van der Waals surface area contributed by atoms with E-state index in [1.54, 1.807) is 12.1 Å². The van der Waals surface area contributed by atoms with Crippen molar-refractivity contribution < 1.29 is 27.7 Å². The first-order valence-electron chi connectivity index (χ1n) is 14.2. The fourth-order valence-corrected chi connectivity index (χ4v) is 6.65. The lowest BCUT2D eigenvalue weighted by atomic mass is 10.0. The summed E-state index contributed by atoms with van der Waals surface area (Å²) in [6.07, 6.45) is 4.60. The average Bonchev–Trinajstić information content (AvgIpc) is 3.51. The van der Waals surface area contributed by atoms with Gasteiger partial charge in [0, 0.05) is 41.2 Å². The number of carbonyl (C=O) groups excluding carboxylic acids is 2. The molecule has 0 saturated heterocycles. The summed E-state index contributed by atoms with van der Waals surface area (Å²) in [6, 6.07) is 16.3. The van der Waals surface area contributed by atoms with Gasteiger partial charge in [0.15, 0.2) is 0 Å². The standard InChI is InChI=1S/C31H34Cl2N4O7S/c1-44-29-15-14-25(37(40)41)18-27(29)36(45(2,42)43)20-30(38)35(19-22-12-13-23(32)17-26(22)33)28(16-21-8-4-3-5-9-21)31(39)34-24-10-6-7-11-24/h3-5,8-9,12-15,17-18,24,28H,6-7,10-11,16,19-20H2,1-2H3,(H,34,39)/t28-/m1/s1. The Morgan fingerprint density at radius 2 is 1.76 bits per heavy atom. The number of ether oxygens (including phenoxy) is 1. The number of sulfonamides is 1. The highest BCUT2D eigenvalue weighted by Gasteiger charge is 2.35. The summed E-state index contributed by atoms with van der Waals surface area (Å²) in [5, 5.41) is 15.3. The molecule has 3 aromatic rings. The fraction of sp³-hybridized carbons (Fsp3) is 0.355. The number of hydrogen-bond acceptors (Lipinski definition) is 7. The predicted molar refractivity (Wildman–Crippen MR) is 173 cm³/mol. The van der Waals surface area contributed by atoms with Crippen LogP contribution < -0.4 is 14.4 Å². The first-order chi connectivity index (χ1) is 21.4. The number of nitrogens with one attached hydrogen (secondary N) is 1. The van der Waals surface area contributed by atoms with Crippen molar-refractivity contribution in [1.29, 1.82) is 0 Å². The summed E-state index contributed by atoms with van der Waals surface area (Å²) in [7, 11) is -2.91. The quantitative estimate of drug-likeness (QED) is 0.190. The van der Waals surface area contributed by atoms with E-state index < -0.39 is 39.1 Å². The maximum absolute atomic E-state index is 14.3. The smallest absolute Gasteiger partial charge is 0.271 e. The maximum atomic E-state index is 14.3. The van der Waals surface area contributed by atoms with Crippen LogP contribution in [0.2, 0.25) is 10.0 Å². The normalized spacial score (nSPS) is 14.0. The van der Waals surface area contributed by atoms with Crippen LogP contribution in [0.3, 0.4) is 0 Å². The van der Waals surface area contributed by atoms with Gasteiger partial charge in [0.25, 0.3) is 5.69 Å². The van der Waals surface area contributed by atoms with E-state index in [4.69, 9.17) is 27.9 Å². The molecule has 0 aliphatic heterocycles. The minimum Gasteiger partial charge on any atom is -0.495 e. The summed E-state index contributed by atoms with van der Waals surface area (Å²) in [4.78, 5) is 40.5. The minimum atomic E-state index is -4.19. The molecule has 1 fully saturated rings. The van der Waals surface area contributed by atoms with E-state index in [0.29, 0.717) is 10.6 Å². The topological polar surface area (TPSA) is 139 Å². The number of amides is 2. The molecule has 45 heavy (non-hydrogen) atoms. The molecule has 0 bridgehead atoms. The van der Waals surface area contributed by atoms with Gasteiger partial charge in [-0.2, -0.15) is 0 Å². The van der Waals surface area contributed by atoms with Crippen molar-refractivity contribution in [1.82, 2.24) is 10.2 Å². The first-order valence-corrected chi connectivity index (χ1v) is 16.9. The summed E-state index contributed by atoms with van der Waals surface area (Å²) in [5.41, 5.74) is 0.681. The van der Waals surface area contributed by atoms with Gasteiger partial charge in [-0.15, -0.1) is 0 Å². The van der Waals surface area contributed by atoms with Crippen LogP contribution in [0.5, 0.6) is 5.75 Å². The summed E-state index contributed by atoms with van der Waals surface area (Å²) in [6.45, 7) is -0.919. The summed E-state index contributed by atoms with van der Waals surface area (Å²) in [5.74, 6) is -1.11. The molecular formula is C31H34Cl2N4O7S. The highest BCUT2D eigenvalue weighted by Crippen LogP contribution is 2.34. The molecule has 1 aliphatic rings. The average molecular weight is 678 g/mol. The number of halogens is 2. The number of hydrogen-bond donors (Lipinski definition) is 1. The van der Waals surface area contributed by atoms with Crippen LogP contribution in [-0.2, 0) is 32.6 Å². The van der Waals surface area contributed by atoms with E-state index in [1.165, 1.54) is 30.2 Å². The second kappa shape index (κ2) is 14.9. The van der Waals surface area contributed by atoms with Crippen LogP contribution in [0, 0.1) is 10.1 Å². The second-order valence-corrected chi connectivity index (χ2v) is 13.6. The molecular weight excluding hydrogens is 643 g/mol. The SMILES string of the molecule is COc1ccc([N+](=O)[O-])cc1N(CC(=O)N(Cc1ccc(Cl)cc1Cl)[C@H](Cc1ccccc1)C(=O)NC1CCCC1)S(C)(=O)=O. The molecule has 11 nitrogen and oxygen atoms in total. The number of nitro groups is 1. The van der Waals surface area contributed by atoms with Crippen molar-refractivity contribution >= 4 is 56.4 Å². The monoisotopic (exact) mass is 676 g/mol. The van der Waals surface area contributed by atoms with Gasteiger partial charge in [0.1, 0.15) is 24.0 Å². The summed E-state index contributed by atoms with van der Waals surface area (Å²) >= 11 is 12.6. The van der Waals surface area contributed by atoms with E-state index in [1.807, 2.05) is 30.3 Å². The zero-order valence-corrected chi connectivity index (χ0v) is 27.1. The molecule has 1 saturated carbocycles. The van der Waals surface area contributed by atoms with Crippen LogP contribution >= 0.6 is 23.2 Å². The van der Waals surface area contributed by atoms with Gasteiger partial charge < -0.3 is 15.0 Å². The van der Waals surface area contributed by atoms with Gasteiger partial charge in [-0.1, -0.05) is 72.4 Å². The number of anilines is 1. The minimum absolute atomic E-state index is 0.00549. The number of methoxy groups -OCH3 is 1. The van der Waals surface area contributed by atoms with Gasteiger partial charge >= 0.3 is 0 Å². The molecule has 0 radical (unpaired) electrons. The number of rotatable bonds is 13. The third-order valence-corrected chi connectivity index (χ3v) is 9.36. The van der Waals surface area contributed by atoms with Crippen LogP contribution in [-0.4, -0.2) is 62.0 Å². The molecule has 3 aromatic carbocycles. The van der Waals surface area contributed by atoms with Crippen molar-refractivity contribution in [2.75, 3.05) is 24.2 Å². The van der Waals surface area contributed by atoms with Crippen LogP contribution in [0.15, 0.2) is 66.7 Å². The number of nitro benzene ring substituents is 1. The maximum Gasteiger partial charge on any atom is 0.271 e. The fourth-order valence-electron chi connectivity index (χ4n) is 5.34. The molecule has 1 atom stereocenters. The Hall–Kier alpha value is -3.87. The van der Waals surface area contributed by atoms with Crippen LogP contribution in [0.4, 0.5) is 11.4 Å². The van der Waals surface area contributed by atoms with Gasteiger partial charge in [-0.25, -0.2) is 8.42 Å². The molecule has 4 rings (SSSR count). The number of carbonyl (C=O) groups is 2. The van der Waals surface area contributed by atoms with Crippen molar-refractivity contribution in [2.45, 2.75) is 50.7 Å². The van der Waals surface area contributed by atoms with Gasteiger partial charge in [0.2, 0.25) is 21.8 Å². The van der Waals surface area contributed by atoms with Gasteiger partial charge in [-0.3, -0.25) is 24.0 Å². The van der Waals surface area contributed by atoms with Crippen LogP contribution in [0.25, 0.3) is 0 Å². The van der Waals surface area contributed by atoms with Crippen molar-refractivity contribution in [3.8, 4) is 5.75 Å². The Bertz CT molecular complexity index is 1650. The molecule has 2 amide bonds. The molecule has 0 spiro atoms. The third-order valence-electron chi connectivity index (χ3n) is 7.65. The third kappa shape index (κ3) is 8.86. The van der Waals surface area contributed by atoms with Gasteiger partial charge in [-0.05, 0) is 42.2 Å². The lowest BCUT2D eigenvalue weighted by molar-refractivity contribution is -0.384. The van der Waals surface area contributed by atoms with Gasteiger partial charge in [0.05, 0.1) is 18.3 Å². The molecule has 0 aromatic heterocycles. The number of nitrogens with zero attached hydrogens (tertiary/aromatic N) is 3. The van der Waals surface area contributed by atoms with Crippen LogP contribution in [0.1, 0.15) is 36.8 Å². The number of benzene rings is 3. The Labute approximate surface area is 272 Å². The Morgan fingerprint density at radius 3 is 2.36 bits per heavy atom. The van der Waals surface area contributed by atoms with E-state index in [0.717, 1.165) is 47.9 Å². The van der Waals surface area contributed by atoms with Crippen molar-refractivity contribution in [2.24, 2.45) is 0 Å². The second-order valence-electron chi connectivity index (χ2n) is 10.8. The molecule has 240 valence electrons. The number of non-ortho nitro benzene ring substituents is 1. The predicted octanol–water partition coefficient (Wildman–Crippen LogP) is 5.38. The molecule has 14 heteroatoms. The highest BCUT2D eigenvalue weighted by atomic mass is 35.5. The largest absolute Gasteiger partial charge is 0.495 e. The summed E-state index contributed by atoms with van der Waals surface area (Å²) < 4.78 is 32.3. The highest BCUT2D eigenvalue weighted by molar-refractivity contribution is 7.92. The molecule has 1 aliphatic carbocycles. The lowest BCUT2D eigenvalue weighted by Gasteiger charge is -2.34. The van der Waals surface area contributed by atoms with Crippen molar-refractivity contribution in [3.05, 3.63) is 98.0 Å². The van der Waals surface area contributed by atoms with Crippen molar-refractivity contribution in [3.63, 3.8) is 0 Å². The van der Waals surface area contributed by atoms with E-state index in [9.17, 15) is 28.1 Å². The van der Waals surface area contributed by atoms with E-state index in [-0.39, 0.29) is 41.4 Å². The Kier molecular flexibility index (Phi) is 11.3. The molecule has 1 N–H and O–H groups in total. The van der Waals surface area contributed by atoms with E-state index >= 15 is 0 Å².